The van der Waals surface area contributed by atoms with Crippen molar-refractivity contribution in [3.63, 3.8) is 0 Å². The fraction of sp³-hybridized carbons (Fsp3) is 0.409. The standard InChI is InChI=1S/C22H26N2/c1-18-13-14-19(2)24(18)16-15-22(17-23,20-9-5-3-6-10-20)21-11-7-4-8-12-21/h3-12,18-19H,13-16H2,1-2H3. The molecule has 24 heavy (non-hydrogen) atoms. The maximum Gasteiger partial charge on any atom is 0.108 e. The summed E-state index contributed by atoms with van der Waals surface area (Å²) in [5.74, 6) is 0. The lowest BCUT2D eigenvalue weighted by molar-refractivity contribution is 0.203. The van der Waals surface area contributed by atoms with Crippen molar-refractivity contribution in [3.05, 3.63) is 71.8 Å². The van der Waals surface area contributed by atoms with E-state index in [0.717, 1.165) is 24.1 Å². The summed E-state index contributed by atoms with van der Waals surface area (Å²) in [5.41, 5.74) is 1.61. The molecule has 2 aromatic carbocycles. The third-order valence-electron chi connectivity index (χ3n) is 5.60. The maximum absolute atomic E-state index is 10.2. The second-order valence-electron chi connectivity index (χ2n) is 7.01. The number of hydrogen-bond donors (Lipinski definition) is 0. The molecule has 2 heteroatoms. The van der Waals surface area contributed by atoms with Crippen LogP contribution in [-0.4, -0.2) is 23.5 Å². The van der Waals surface area contributed by atoms with Crippen molar-refractivity contribution in [1.29, 1.82) is 5.26 Å². The highest BCUT2D eigenvalue weighted by molar-refractivity contribution is 5.45. The van der Waals surface area contributed by atoms with Crippen molar-refractivity contribution in [3.8, 4) is 6.07 Å². The van der Waals surface area contributed by atoms with Crippen LogP contribution in [0.25, 0.3) is 0 Å². The van der Waals surface area contributed by atoms with E-state index in [4.69, 9.17) is 0 Å². The lowest BCUT2D eigenvalue weighted by atomic mass is 9.73. The van der Waals surface area contributed by atoms with Crippen molar-refractivity contribution in [2.75, 3.05) is 6.54 Å². The first kappa shape index (κ1) is 16.7. The first-order valence-corrected chi connectivity index (χ1v) is 8.95. The van der Waals surface area contributed by atoms with Crippen molar-refractivity contribution in [1.82, 2.24) is 4.90 Å². The van der Waals surface area contributed by atoms with Gasteiger partial charge in [-0.05, 0) is 44.2 Å². The Kier molecular flexibility index (Phi) is 5.02. The molecular weight excluding hydrogens is 292 g/mol. The van der Waals surface area contributed by atoms with Gasteiger partial charge in [-0.25, -0.2) is 0 Å². The van der Waals surface area contributed by atoms with Crippen LogP contribution in [0.2, 0.25) is 0 Å². The first-order chi connectivity index (χ1) is 11.7. The van der Waals surface area contributed by atoms with Crippen LogP contribution in [0, 0.1) is 11.3 Å². The van der Waals surface area contributed by atoms with E-state index in [1.165, 1.54) is 12.8 Å². The van der Waals surface area contributed by atoms with Crippen LogP contribution >= 0.6 is 0 Å². The van der Waals surface area contributed by atoms with Gasteiger partial charge < -0.3 is 0 Å². The fourth-order valence-corrected chi connectivity index (χ4v) is 4.07. The molecule has 2 unspecified atom stereocenters. The number of nitrogens with zero attached hydrogens (tertiary/aromatic N) is 2. The van der Waals surface area contributed by atoms with Crippen LogP contribution in [0.3, 0.4) is 0 Å². The largest absolute Gasteiger partial charge is 0.298 e. The lowest BCUT2D eigenvalue weighted by Gasteiger charge is -2.33. The first-order valence-electron chi connectivity index (χ1n) is 8.95. The Morgan fingerprint density at radius 1 is 0.917 bits per heavy atom. The second-order valence-corrected chi connectivity index (χ2v) is 7.01. The van der Waals surface area contributed by atoms with Crippen molar-refractivity contribution in [2.24, 2.45) is 0 Å². The van der Waals surface area contributed by atoms with Gasteiger partial charge in [-0.2, -0.15) is 5.26 Å². The molecule has 0 bridgehead atoms. The summed E-state index contributed by atoms with van der Waals surface area (Å²) in [7, 11) is 0. The van der Waals surface area contributed by atoms with Gasteiger partial charge in [0.05, 0.1) is 6.07 Å². The third-order valence-corrected chi connectivity index (χ3v) is 5.60. The van der Waals surface area contributed by atoms with E-state index in [-0.39, 0.29) is 0 Å². The highest BCUT2D eigenvalue weighted by atomic mass is 15.2. The molecule has 124 valence electrons. The Labute approximate surface area is 145 Å². The molecule has 0 saturated carbocycles. The van der Waals surface area contributed by atoms with Gasteiger partial charge in [0.15, 0.2) is 0 Å². The molecule has 2 aromatic rings. The summed E-state index contributed by atoms with van der Waals surface area (Å²) < 4.78 is 0. The van der Waals surface area contributed by atoms with Crippen molar-refractivity contribution < 1.29 is 0 Å². The average Bonchev–Trinajstić information content (AvgIpc) is 2.96. The average molecular weight is 318 g/mol. The molecule has 0 amide bonds. The molecule has 0 aromatic heterocycles. The molecule has 2 atom stereocenters. The minimum Gasteiger partial charge on any atom is -0.298 e. The zero-order valence-corrected chi connectivity index (χ0v) is 14.7. The Balaban J connectivity index is 1.95. The van der Waals surface area contributed by atoms with E-state index >= 15 is 0 Å². The fourth-order valence-electron chi connectivity index (χ4n) is 4.07. The molecule has 0 spiro atoms. The minimum absolute atomic E-state index is 0.579. The monoisotopic (exact) mass is 318 g/mol. The normalized spacial score (nSPS) is 21.5. The topological polar surface area (TPSA) is 27.0 Å². The number of rotatable bonds is 5. The van der Waals surface area contributed by atoms with Gasteiger partial charge in [-0.15, -0.1) is 0 Å². The van der Waals surface area contributed by atoms with Crippen molar-refractivity contribution >= 4 is 0 Å². The smallest absolute Gasteiger partial charge is 0.108 e. The number of likely N-dealkylation sites (tertiary alicyclic amines) is 1. The van der Waals surface area contributed by atoms with E-state index in [0.29, 0.717) is 12.1 Å². The summed E-state index contributed by atoms with van der Waals surface area (Å²) in [6.45, 7) is 5.57. The zero-order chi connectivity index (χ0) is 17.0. The number of benzene rings is 2. The van der Waals surface area contributed by atoms with Gasteiger partial charge in [-0.1, -0.05) is 60.7 Å². The van der Waals surface area contributed by atoms with Crippen LogP contribution in [0.15, 0.2) is 60.7 Å². The zero-order valence-electron chi connectivity index (χ0n) is 14.7. The molecule has 1 aliphatic heterocycles. The second kappa shape index (κ2) is 7.20. The number of nitriles is 1. The molecule has 1 fully saturated rings. The summed E-state index contributed by atoms with van der Waals surface area (Å²) in [4.78, 5) is 2.57. The van der Waals surface area contributed by atoms with Gasteiger partial charge >= 0.3 is 0 Å². The Bertz CT molecular complexity index is 637. The highest BCUT2D eigenvalue weighted by Gasteiger charge is 2.36. The van der Waals surface area contributed by atoms with Crippen LogP contribution in [-0.2, 0) is 5.41 Å². The van der Waals surface area contributed by atoms with E-state index in [1.807, 2.05) is 36.4 Å². The number of hydrogen-bond acceptors (Lipinski definition) is 2. The minimum atomic E-state index is -0.579. The summed E-state index contributed by atoms with van der Waals surface area (Å²) in [6, 6.07) is 24.4. The molecule has 1 heterocycles. The van der Waals surface area contributed by atoms with Crippen LogP contribution in [0.1, 0.15) is 44.2 Å². The summed E-state index contributed by atoms with van der Waals surface area (Å²) in [5, 5.41) is 10.2. The predicted molar refractivity (Wildman–Crippen MR) is 98.8 cm³/mol. The molecule has 1 aliphatic rings. The maximum atomic E-state index is 10.2. The van der Waals surface area contributed by atoms with Crippen LogP contribution in [0.5, 0.6) is 0 Å². The van der Waals surface area contributed by atoms with Gasteiger partial charge in [0.2, 0.25) is 0 Å². The van der Waals surface area contributed by atoms with Gasteiger partial charge in [0.25, 0.3) is 0 Å². The quantitative estimate of drug-likeness (QED) is 0.795. The molecule has 0 N–H and O–H groups in total. The summed E-state index contributed by atoms with van der Waals surface area (Å²) >= 11 is 0. The highest BCUT2D eigenvalue weighted by Crippen LogP contribution is 2.36. The molecule has 3 rings (SSSR count). The van der Waals surface area contributed by atoms with Gasteiger partial charge in [0.1, 0.15) is 5.41 Å². The van der Waals surface area contributed by atoms with E-state index in [2.05, 4.69) is 49.1 Å². The lowest BCUT2D eigenvalue weighted by Crippen LogP contribution is -2.38. The predicted octanol–water partition coefficient (Wildman–Crippen LogP) is 4.76. The van der Waals surface area contributed by atoms with Gasteiger partial charge in [-0.3, -0.25) is 4.90 Å². The summed E-state index contributed by atoms with van der Waals surface area (Å²) in [6.07, 6.45) is 3.35. The molecular formula is C22H26N2. The van der Waals surface area contributed by atoms with Crippen LogP contribution < -0.4 is 0 Å². The van der Waals surface area contributed by atoms with E-state index in [9.17, 15) is 5.26 Å². The Hall–Kier alpha value is -2.11. The Morgan fingerprint density at radius 2 is 1.38 bits per heavy atom. The van der Waals surface area contributed by atoms with Crippen molar-refractivity contribution in [2.45, 2.75) is 50.6 Å². The Morgan fingerprint density at radius 3 is 1.79 bits per heavy atom. The molecule has 2 nitrogen and oxygen atoms in total. The van der Waals surface area contributed by atoms with Crippen LogP contribution in [0.4, 0.5) is 0 Å². The third kappa shape index (κ3) is 3.09. The molecule has 1 saturated heterocycles. The molecule has 0 radical (unpaired) electrons. The molecule has 0 aliphatic carbocycles. The van der Waals surface area contributed by atoms with Gasteiger partial charge in [0, 0.05) is 18.6 Å². The van der Waals surface area contributed by atoms with E-state index in [1.54, 1.807) is 0 Å². The SMILES string of the molecule is CC1CCC(C)N1CCC(C#N)(c1ccccc1)c1ccccc1. The van der Waals surface area contributed by atoms with E-state index < -0.39 is 5.41 Å².